The lowest BCUT2D eigenvalue weighted by Crippen LogP contribution is -2.44. The molecule has 1 saturated carbocycles. The molecule has 2 saturated heterocycles. The fourth-order valence-electron chi connectivity index (χ4n) is 4.68. The summed E-state index contributed by atoms with van der Waals surface area (Å²) in [7, 11) is 0. The number of nitrogens with zero attached hydrogens (tertiary/aromatic N) is 1. The van der Waals surface area contributed by atoms with Crippen molar-refractivity contribution < 1.29 is 14.3 Å². The number of esters is 1. The Kier molecular flexibility index (Phi) is 3.63. The van der Waals surface area contributed by atoms with E-state index in [0.717, 1.165) is 45.1 Å². The zero-order valence-electron chi connectivity index (χ0n) is 13.4. The van der Waals surface area contributed by atoms with Gasteiger partial charge in [0.1, 0.15) is 5.60 Å². The summed E-state index contributed by atoms with van der Waals surface area (Å²) >= 11 is 0. The van der Waals surface area contributed by atoms with E-state index in [0.29, 0.717) is 0 Å². The lowest BCUT2D eigenvalue weighted by molar-refractivity contribution is -0.152. The largest absolute Gasteiger partial charge is 0.458 e. The number of carbonyl (C=O) groups is 2. The predicted octanol–water partition coefficient (Wildman–Crippen LogP) is 3.23. The van der Waals surface area contributed by atoms with Crippen molar-refractivity contribution in [3.8, 4) is 0 Å². The maximum Gasteiger partial charge on any atom is 0.307 e. The van der Waals surface area contributed by atoms with Crippen LogP contribution in [0.1, 0.15) is 56.6 Å². The molecule has 3 fully saturated rings. The van der Waals surface area contributed by atoms with Gasteiger partial charge in [-0.2, -0.15) is 0 Å². The SMILES string of the molecule is O=C1C[C@H](C(=O)N2CCC[C@H]2c2ccccc2)C2(CCCC2)O1. The molecule has 2 heterocycles. The summed E-state index contributed by atoms with van der Waals surface area (Å²) < 4.78 is 5.66. The molecule has 4 heteroatoms. The van der Waals surface area contributed by atoms with Crippen LogP contribution in [-0.2, 0) is 14.3 Å². The maximum absolute atomic E-state index is 13.2. The Morgan fingerprint density at radius 3 is 2.61 bits per heavy atom. The van der Waals surface area contributed by atoms with Gasteiger partial charge >= 0.3 is 5.97 Å². The van der Waals surface area contributed by atoms with E-state index >= 15 is 0 Å². The minimum Gasteiger partial charge on any atom is -0.458 e. The molecule has 23 heavy (non-hydrogen) atoms. The normalized spacial score (nSPS) is 29.2. The monoisotopic (exact) mass is 313 g/mol. The Morgan fingerprint density at radius 1 is 1.13 bits per heavy atom. The molecule has 0 aromatic heterocycles. The molecule has 1 amide bonds. The van der Waals surface area contributed by atoms with Crippen LogP contribution in [0.4, 0.5) is 0 Å². The van der Waals surface area contributed by atoms with Gasteiger partial charge in [-0.15, -0.1) is 0 Å². The highest BCUT2D eigenvalue weighted by atomic mass is 16.6. The van der Waals surface area contributed by atoms with Gasteiger partial charge in [0.2, 0.25) is 5.91 Å². The molecular weight excluding hydrogens is 290 g/mol. The summed E-state index contributed by atoms with van der Waals surface area (Å²) in [5, 5.41) is 0. The first-order valence-corrected chi connectivity index (χ1v) is 8.77. The van der Waals surface area contributed by atoms with E-state index in [2.05, 4.69) is 12.1 Å². The lowest BCUT2D eigenvalue weighted by Gasteiger charge is -2.33. The first-order valence-electron chi connectivity index (χ1n) is 8.77. The van der Waals surface area contributed by atoms with Crippen molar-refractivity contribution in [2.45, 2.75) is 56.6 Å². The molecular formula is C19H23NO3. The zero-order valence-corrected chi connectivity index (χ0v) is 13.4. The molecule has 4 nitrogen and oxygen atoms in total. The van der Waals surface area contributed by atoms with Crippen molar-refractivity contribution in [1.29, 1.82) is 0 Å². The average Bonchev–Trinajstić information content (AvgIpc) is 3.29. The van der Waals surface area contributed by atoms with Gasteiger partial charge < -0.3 is 9.64 Å². The van der Waals surface area contributed by atoms with Gasteiger partial charge in [0.25, 0.3) is 0 Å². The lowest BCUT2D eigenvalue weighted by atomic mass is 9.84. The Morgan fingerprint density at radius 2 is 1.87 bits per heavy atom. The van der Waals surface area contributed by atoms with Crippen LogP contribution in [0.3, 0.4) is 0 Å². The van der Waals surface area contributed by atoms with Crippen LogP contribution in [0.25, 0.3) is 0 Å². The highest BCUT2D eigenvalue weighted by Gasteiger charge is 2.55. The van der Waals surface area contributed by atoms with Crippen molar-refractivity contribution >= 4 is 11.9 Å². The van der Waals surface area contributed by atoms with Gasteiger partial charge in [0.05, 0.1) is 18.4 Å². The summed E-state index contributed by atoms with van der Waals surface area (Å²) in [6.07, 6.45) is 6.09. The van der Waals surface area contributed by atoms with Crippen LogP contribution in [0, 0.1) is 5.92 Å². The third kappa shape index (κ3) is 2.44. The number of amides is 1. The van der Waals surface area contributed by atoms with Crippen molar-refractivity contribution in [2.75, 3.05) is 6.54 Å². The number of ether oxygens (including phenoxy) is 1. The maximum atomic E-state index is 13.2. The van der Waals surface area contributed by atoms with Crippen LogP contribution >= 0.6 is 0 Å². The fraction of sp³-hybridized carbons (Fsp3) is 0.579. The molecule has 0 bridgehead atoms. The summed E-state index contributed by atoms with van der Waals surface area (Å²) in [5.41, 5.74) is 0.696. The van der Waals surface area contributed by atoms with Gasteiger partial charge in [-0.1, -0.05) is 30.3 Å². The molecule has 1 aromatic rings. The van der Waals surface area contributed by atoms with Gasteiger partial charge in [-0.05, 0) is 44.1 Å². The molecule has 0 unspecified atom stereocenters. The third-order valence-corrected chi connectivity index (χ3v) is 5.79. The molecule has 1 aromatic carbocycles. The molecule has 2 aliphatic heterocycles. The number of carbonyl (C=O) groups excluding carboxylic acids is 2. The van der Waals surface area contributed by atoms with E-state index in [1.165, 1.54) is 5.56 Å². The average molecular weight is 313 g/mol. The number of hydrogen-bond donors (Lipinski definition) is 0. The second-order valence-corrected chi connectivity index (χ2v) is 7.10. The number of benzene rings is 1. The van der Waals surface area contributed by atoms with Crippen LogP contribution in [0.5, 0.6) is 0 Å². The standard InChI is InChI=1S/C19H23NO3/c21-17-13-15(19(23-17)10-4-5-11-19)18(22)20-12-6-9-16(20)14-7-2-1-3-8-14/h1-3,7-8,15-16H,4-6,9-13H2/t15-,16+/m1/s1. The molecule has 4 rings (SSSR count). The quantitative estimate of drug-likeness (QED) is 0.788. The van der Waals surface area contributed by atoms with E-state index in [9.17, 15) is 9.59 Å². The van der Waals surface area contributed by atoms with E-state index in [1.54, 1.807) is 0 Å². The molecule has 0 radical (unpaired) electrons. The summed E-state index contributed by atoms with van der Waals surface area (Å²) in [6, 6.07) is 10.4. The van der Waals surface area contributed by atoms with E-state index in [1.807, 2.05) is 23.1 Å². The molecule has 3 aliphatic rings. The van der Waals surface area contributed by atoms with Gasteiger partial charge in [0, 0.05) is 6.54 Å². The van der Waals surface area contributed by atoms with E-state index < -0.39 is 5.60 Å². The minimum absolute atomic E-state index is 0.129. The number of rotatable bonds is 2. The zero-order chi connectivity index (χ0) is 15.9. The molecule has 0 N–H and O–H groups in total. The van der Waals surface area contributed by atoms with Gasteiger partial charge in [-0.3, -0.25) is 9.59 Å². The first kappa shape index (κ1) is 14.7. The smallest absolute Gasteiger partial charge is 0.307 e. The summed E-state index contributed by atoms with van der Waals surface area (Å²) in [6.45, 7) is 0.791. The predicted molar refractivity (Wildman–Crippen MR) is 85.5 cm³/mol. The molecule has 1 aliphatic carbocycles. The molecule has 1 spiro atoms. The molecule has 122 valence electrons. The van der Waals surface area contributed by atoms with Crippen LogP contribution in [0.15, 0.2) is 30.3 Å². The Hall–Kier alpha value is -1.84. The summed E-state index contributed by atoms with van der Waals surface area (Å²) in [5.74, 6) is -0.341. The Labute approximate surface area is 136 Å². The van der Waals surface area contributed by atoms with Gasteiger partial charge in [0.15, 0.2) is 0 Å². The van der Waals surface area contributed by atoms with Crippen LogP contribution in [0.2, 0.25) is 0 Å². The number of likely N-dealkylation sites (tertiary alicyclic amines) is 1. The topological polar surface area (TPSA) is 46.6 Å². The summed E-state index contributed by atoms with van der Waals surface area (Å²) in [4.78, 5) is 27.1. The van der Waals surface area contributed by atoms with E-state index in [4.69, 9.17) is 4.74 Å². The second-order valence-electron chi connectivity index (χ2n) is 7.10. The second kappa shape index (κ2) is 5.66. The third-order valence-electron chi connectivity index (χ3n) is 5.79. The highest BCUT2D eigenvalue weighted by Crippen LogP contribution is 2.47. The first-order chi connectivity index (χ1) is 11.2. The Bertz CT molecular complexity index is 606. The van der Waals surface area contributed by atoms with Crippen LogP contribution < -0.4 is 0 Å². The molecule has 2 atom stereocenters. The van der Waals surface area contributed by atoms with Crippen molar-refractivity contribution in [3.63, 3.8) is 0 Å². The van der Waals surface area contributed by atoms with E-state index in [-0.39, 0.29) is 30.3 Å². The highest BCUT2D eigenvalue weighted by molar-refractivity contribution is 5.88. The van der Waals surface area contributed by atoms with Crippen LogP contribution in [-0.4, -0.2) is 28.9 Å². The van der Waals surface area contributed by atoms with Crippen molar-refractivity contribution in [1.82, 2.24) is 4.90 Å². The Balaban J connectivity index is 1.59. The fourth-order valence-corrected chi connectivity index (χ4v) is 4.68. The van der Waals surface area contributed by atoms with Crippen molar-refractivity contribution in [2.24, 2.45) is 5.92 Å². The number of hydrogen-bond acceptors (Lipinski definition) is 3. The van der Waals surface area contributed by atoms with Crippen molar-refractivity contribution in [3.05, 3.63) is 35.9 Å². The van der Waals surface area contributed by atoms with Gasteiger partial charge in [-0.25, -0.2) is 0 Å². The minimum atomic E-state index is -0.502.